The van der Waals surface area contributed by atoms with Crippen LogP contribution in [-0.4, -0.2) is 47.2 Å². The van der Waals surface area contributed by atoms with Crippen molar-refractivity contribution < 1.29 is 32.6 Å². The highest BCUT2D eigenvalue weighted by atomic mass is 19.4. The second-order valence-corrected chi connectivity index (χ2v) is 8.38. The van der Waals surface area contributed by atoms with E-state index < -0.39 is 17.8 Å². The first-order chi connectivity index (χ1) is 15.2. The zero-order valence-corrected chi connectivity index (χ0v) is 18.7. The molecule has 1 amide bonds. The second kappa shape index (κ2) is 12.8. The van der Waals surface area contributed by atoms with Crippen molar-refractivity contribution in [1.29, 1.82) is 0 Å². The zero-order valence-electron chi connectivity index (χ0n) is 18.7. The number of likely N-dealkylation sites (tertiary alicyclic amines) is 1. The van der Waals surface area contributed by atoms with E-state index in [0.717, 1.165) is 44.2 Å². The van der Waals surface area contributed by atoms with E-state index in [1.165, 1.54) is 6.07 Å². The minimum atomic E-state index is -4.40. The molecule has 32 heavy (non-hydrogen) atoms. The number of ether oxygens (including phenoxy) is 1. The van der Waals surface area contributed by atoms with Gasteiger partial charge >= 0.3 is 12.1 Å². The minimum absolute atomic E-state index is 0.0678. The summed E-state index contributed by atoms with van der Waals surface area (Å²) >= 11 is 0. The second-order valence-electron chi connectivity index (χ2n) is 8.38. The van der Waals surface area contributed by atoms with E-state index in [2.05, 4.69) is 0 Å². The van der Waals surface area contributed by atoms with Gasteiger partial charge in [-0.1, -0.05) is 31.0 Å². The molecule has 0 unspecified atom stereocenters. The predicted molar refractivity (Wildman–Crippen MR) is 115 cm³/mol. The molecular formula is C24H34F3NO4. The summed E-state index contributed by atoms with van der Waals surface area (Å²) in [4.78, 5) is 25.4. The predicted octanol–water partition coefficient (Wildman–Crippen LogP) is 4.89. The number of hydrogen-bond acceptors (Lipinski definition) is 4. The number of aliphatic hydroxyl groups excluding tert-OH is 1. The normalized spacial score (nSPS) is 17.6. The van der Waals surface area contributed by atoms with E-state index >= 15 is 0 Å². The summed E-state index contributed by atoms with van der Waals surface area (Å²) in [6, 6.07) is 5.12. The lowest BCUT2D eigenvalue weighted by atomic mass is 9.99. The first kappa shape index (κ1) is 26.2. The number of benzene rings is 1. The number of nitrogens with zero attached hydrogens (tertiary/aromatic N) is 1. The number of hydrogen-bond donors (Lipinski definition) is 1. The third-order valence-corrected chi connectivity index (χ3v) is 5.85. The van der Waals surface area contributed by atoms with E-state index in [0.29, 0.717) is 44.4 Å². The van der Waals surface area contributed by atoms with Gasteiger partial charge in [-0.25, -0.2) is 0 Å². The Bertz CT molecular complexity index is 738. The Labute approximate surface area is 187 Å². The fraction of sp³-hybridized carbons (Fsp3) is 0.667. The van der Waals surface area contributed by atoms with Crippen molar-refractivity contribution in [3.8, 4) is 0 Å². The maximum atomic E-state index is 12.9. The van der Waals surface area contributed by atoms with E-state index in [1.54, 1.807) is 13.0 Å². The van der Waals surface area contributed by atoms with Crippen molar-refractivity contribution in [2.24, 2.45) is 0 Å². The molecule has 1 aliphatic heterocycles. The SMILES string of the molecule is CCOC(=O)CCCCCCN1C(=O)CC[C@@H]1CC[C@@H](O)Cc1cccc(C(F)(F)F)c1. The number of alkyl halides is 3. The molecule has 0 spiro atoms. The molecule has 0 saturated carbocycles. The third kappa shape index (κ3) is 8.81. The van der Waals surface area contributed by atoms with Gasteiger partial charge in [0.1, 0.15) is 0 Å². The fourth-order valence-corrected chi connectivity index (χ4v) is 4.17. The van der Waals surface area contributed by atoms with Crippen molar-refractivity contribution in [1.82, 2.24) is 4.90 Å². The molecule has 0 radical (unpaired) electrons. The molecule has 1 aliphatic rings. The van der Waals surface area contributed by atoms with Crippen molar-refractivity contribution in [2.45, 2.75) is 89.5 Å². The Morgan fingerprint density at radius 2 is 2.00 bits per heavy atom. The van der Waals surface area contributed by atoms with E-state index in [9.17, 15) is 27.9 Å². The monoisotopic (exact) mass is 457 g/mol. The van der Waals surface area contributed by atoms with Gasteiger partial charge in [0.05, 0.1) is 18.3 Å². The summed E-state index contributed by atoms with van der Waals surface area (Å²) in [5.41, 5.74) is -0.258. The van der Waals surface area contributed by atoms with E-state index in [-0.39, 0.29) is 24.3 Å². The van der Waals surface area contributed by atoms with Crippen LogP contribution in [0.1, 0.15) is 75.8 Å². The van der Waals surface area contributed by atoms with Crippen molar-refractivity contribution >= 4 is 11.9 Å². The van der Waals surface area contributed by atoms with Gasteiger partial charge in [-0.2, -0.15) is 13.2 Å². The highest BCUT2D eigenvalue weighted by Crippen LogP contribution is 2.30. The molecule has 1 N–H and O–H groups in total. The van der Waals surface area contributed by atoms with Crippen LogP contribution in [0, 0.1) is 0 Å². The van der Waals surface area contributed by atoms with Gasteiger partial charge in [0.25, 0.3) is 0 Å². The molecule has 1 aromatic carbocycles. The van der Waals surface area contributed by atoms with Crippen LogP contribution in [0.25, 0.3) is 0 Å². The van der Waals surface area contributed by atoms with Crippen LogP contribution < -0.4 is 0 Å². The Hall–Kier alpha value is -2.09. The molecule has 0 bridgehead atoms. The molecule has 1 heterocycles. The van der Waals surface area contributed by atoms with Crippen molar-refractivity contribution in [2.75, 3.05) is 13.2 Å². The van der Waals surface area contributed by atoms with E-state index in [4.69, 9.17) is 4.74 Å². The maximum absolute atomic E-state index is 12.9. The summed E-state index contributed by atoms with van der Waals surface area (Å²) in [6.45, 7) is 2.84. The quantitative estimate of drug-likeness (QED) is 0.338. The molecule has 1 fully saturated rings. The van der Waals surface area contributed by atoms with Crippen LogP contribution >= 0.6 is 0 Å². The topological polar surface area (TPSA) is 66.8 Å². The van der Waals surface area contributed by atoms with Gasteiger partial charge in [-0.05, 0) is 57.1 Å². The van der Waals surface area contributed by atoms with Gasteiger partial charge in [0.2, 0.25) is 5.91 Å². The van der Waals surface area contributed by atoms with Crippen molar-refractivity contribution in [3.05, 3.63) is 35.4 Å². The molecule has 0 aliphatic carbocycles. The lowest BCUT2D eigenvalue weighted by Crippen LogP contribution is -2.34. The Kier molecular flexibility index (Phi) is 10.5. The molecule has 5 nitrogen and oxygen atoms in total. The summed E-state index contributed by atoms with van der Waals surface area (Å²) < 4.78 is 43.5. The van der Waals surface area contributed by atoms with Gasteiger partial charge in [0, 0.05) is 25.4 Å². The van der Waals surface area contributed by atoms with Gasteiger partial charge in [0.15, 0.2) is 0 Å². The molecule has 8 heteroatoms. The van der Waals surface area contributed by atoms with Gasteiger partial charge in [-0.15, -0.1) is 0 Å². The minimum Gasteiger partial charge on any atom is -0.466 e. The summed E-state index contributed by atoms with van der Waals surface area (Å²) in [6.07, 6.45) is 1.21. The number of halogens is 3. The zero-order chi connectivity index (χ0) is 23.6. The Balaban J connectivity index is 1.71. The average Bonchev–Trinajstić information content (AvgIpc) is 3.08. The molecule has 2 rings (SSSR count). The first-order valence-corrected chi connectivity index (χ1v) is 11.5. The lowest BCUT2D eigenvalue weighted by Gasteiger charge is -2.26. The third-order valence-electron chi connectivity index (χ3n) is 5.85. The standard InChI is InChI=1S/C24H34F3NO4/c1-2-32-23(31)10-5-3-4-6-15-28-20(12-14-22(28)30)11-13-21(29)17-18-8-7-9-19(16-18)24(25,26)27/h7-9,16,20-21,29H,2-6,10-15,17H2,1H3/t20-,21+/m0/s1. The molecule has 1 saturated heterocycles. The van der Waals surface area contributed by atoms with Crippen LogP contribution in [-0.2, 0) is 26.9 Å². The fourth-order valence-electron chi connectivity index (χ4n) is 4.17. The maximum Gasteiger partial charge on any atom is 0.416 e. The van der Waals surface area contributed by atoms with Crippen LogP contribution in [0.4, 0.5) is 13.2 Å². The molecule has 2 atom stereocenters. The number of aliphatic hydroxyl groups is 1. The number of unbranched alkanes of at least 4 members (excludes halogenated alkanes) is 3. The number of carbonyl (C=O) groups is 2. The highest BCUT2D eigenvalue weighted by molar-refractivity contribution is 5.78. The van der Waals surface area contributed by atoms with E-state index in [1.807, 2.05) is 4.90 Å². The number of esters is 1. The molecule has 1 aromatic rings. The van der Waals surface area contributed by atoms with Crippen molar-refractivity contribution in [3.63, 3.8) is 0 Å². The average molecular weight is 458 g/mol. The smallest absolute Gasteiger partial charge is 0.416 e. The molecular weight excluding hydrogens is 423 g/mol. The van der Waals surface area contributed by atoms with Crippen LogP contribution in [0.2, 0.25) is 0 Å². The van der Waals surface area contributed by atoms with Crippen LogP contribution in [0.5, 0.6) is 0 Å². The summed E-state index contributed by atoms with van der Waals surface area (Å²) in [7, 11) is 0. The molecule has 0 aromatic heterocycles. The Morgan fingerprint density at radius 3 is 2.72 bits per heavy atom. The number of carbonyl (C=O) groups excluding carboxylic acids is 2. The Morgan fingerprint density at radius 1 is 1.25 bits per heavy atom. The number of amides is 1. The number of rotatable bonds is 13. The molecule has 180 valence electrons. The highest BCUT2D eigenvalue weighted by Gasteiger charge is 2.31. The van der Waals surface area contributed by atoms with Crippen LogP contribution in [0.3, 0.4) is 0 Å². The lowest BCUT2D eigenvalue weighted by molar-refractivity contribution is -0.143. The summed E-state index contributed by atoms with van der Waals surface area (Å²) in [5, 5.41) is 10.3. The first-order valence-electron chi connectivity index (χ1n) is 11.5. The van der Waals surface area contributed by atoms with Gasteiger partial charge < -0.3 is 14.7 Å². The van der Waals surface area contributed by atoms with Gasteiger partial charge in [-0.3, -0.25) is 9.59 Å². The van der Waals surface area contributed by atoms with Crippen LogP contribution in [0.15, 0.2) is 24.3 Å². The summed E-state index contributed by atoms with van der Waals surface area (Å²) in [5.74, 6) is -0.0557. The largest absolute Gasteiger partial charge is 0.466 e.